The molecule has 1 aromatic carbocycles. The normalized spacial score (nSPS) is 12.5. The standard InChI is InChI=1S/C13H19BrFNO3/c1-9-5-11(14)12(15)6-13(9)16-7-10(17)8-19-4-3-18-2/h5-6,10,16-17H,3-4,7-8H2,1-2H3. The first-order valence-electron chi connectivity index (χ1n) is 5.99. The molecule has 1 unspecified atom stereocenters. The van der Waals surface area contributed by atoms with Crippen LogP contribution in [-0.2, 0) is 9.47 Å². The van der Waals surface area contributed by atoms with Gasteiger partial charge < -0.3 is 19.9 Å². The number of halogens is 2. The number of hydrogen-bond donors (Lipinski definition) is 2. The number of nitrogens with one attached hydrogen (secondary N) is 1. The molecule has 1 aromatic rings. The summed E-state index contributed by atoms with van der Waals surface area (Å²) in [7, 11) is 1.59. The van der Waals surface area contributed by atoms with Crippen molar-refractivity contribution in [2.24, 2.45) is 0 Å². The minimum absolute atomic E-state index is 0.217. The molecule has 0 aliphatic heterocycles. The van der Waals surface area contributed by atoms with Gasteiger partial charge in [-0.3, -0.25) is 0 Å². The predicted molar refractivity (Wildman–Crippen MR) is 76.0 cm³/mol. The van der Waals surface area contributed by atoms with Gasteiger partial charge in [0, 0.05) is 19.3 Å². The maximum absolute atomic E-state index is 13.4. The van der Waals surface area contributed by atoms with Gasteiger partial charge in [-0.25, -0.2) is 4.39 Å². The minimum Gasteiger partial charge on any atom is -0.389 e. The van der Waals surface area contributed by atoms with Crippen molar-refractivity contribution >= 4 is 21.6 Å². The molecule has 4 nitrogen and oxygen atoms in total. The first kappa shape index (κ1) is 16.4. The molecule has 0 amide bonds. The van der Waals surface area contributed by atoms with Gasteiger partial charge in [-0.2, -0.15) is 0 Å². The summed E-state index contributed by atoms with van der Waals surface area (Å²) < 4.78 is 23.8. The third-order valence-electron chi connectivity index (χ3n) is 2.54. The van der Waals surface area contributed by atoms with Crippen molar-refractivity contribution in [1.82, 2.24) is 0 Å². The first-order valence-corrected chi connectivity index (χ1v) is 6.78. The van der Waals surface area contributed by atoms with E-state index >= 15 is 0 Å². The highest BCUT2D eigenvalue weighted by Crippen LogP contribution is 2.23. The summed E-state index contributed by atoms with van der Waals surface area (Å²) in [6.07, 6.45) is -0.650. The van der Waals surface area contributed by atoms with Crippen molar-refractivity contribution in [1.29, 1.82) is 0 Å². The summed E-state index contributed by atoms with van der Waals surface area (Å²) in [5, 5.41) is 12.7. The van der Waals surface area contributed by atoms with E-state index in [9.17, 15) is 9.50 Å². The molecule has 0 aliphatic rings. The molecule has 1 atom stereocenters. The molecule has 0 fully saturated rings. The summed E-state index contributed by atoms with van der Waals surface area (Å²) in [5.74, 6) is -0.334. The highest BCUT2D eigenvalue weighted by Gasteiger charge is 2.08. The zero-order chi connectivity index (χ0) is 14.3. The highest BCUT2D eigenvalue weighted by molar-refractivity contribution is 9.10. The van der Waals surface area contributed by atoms with Crippen LogP contribution in [0.1, 0.15) is 5.56 Å². The predicted octanol–water partition coefficient (Wildman–Crippen LogP) is 2.33. The van der Waals surface area contributed by atoms with E-state index in [-0.39, 0.29) is 12.4 Å². The Kier molecular flexibility index (Phi) is 7.30. The van der Waals surface area contributed by atoms with Gasteiger partial charge in [0.25, 0.3) is 0 Å². The van der Waals surface area contributed by atoms with Gasteiger partial charge in [-0.05, 0) is 40.5 Å². The average molecular weight is 336 g/mol. The van der Waals surface area contributed by atoms with Crippen LogP contribution in [0.2, 0.25) is 0 Å². The van der Waals surface area contributed by atoms with Gasteiger partial charge in [-0.15, -0.1) is 0 Å². The number of methoxy groups -OCH3 is 1. The SMILES string of the molecule is COCCOCC(O)CNc1cc(F)c(Br)cc1C. The number of hydrogen-bond acceptors (Lipinski definition) is 4. The molecule has 1 rings (SSSR count). The van der Waals surface area contributed by atoms with E-state index in [1.807, 2.05) is 6.92 Å². The minimum atomic E-state index is -0.650. The maximum atomic E-state index is 13.4. The van der Waals surface area contributed by atoms with Gasteiger partial charge in [-0.1, -0.05) is 0 Å². The number of ether oxygens (including phenoxy) is 2. The van der Waals surface area contributed by atoms with Crippen molar-refractivity contribution in [3.05, 3.63) is 28.0 Å². The van der Waals surface area contributed by atoms with Crippen LogP contribution in [-0.4, -0.2) is 44.7 Å². The lowest BCUT2D eigenvalue weighted by Crippen LogP contribution is -2.25. The van der Waals surface area contributed by atoms with Crippen LogP contribution >= 0.6 is 15.9 Å². The monoisotopic (exact) mass is 335 g/mol. The fraction of sp³-hybridized carbons (Fsp3) is 0.538. The molecule has 108 valence electrons. The number of benzene rings is 1. The second-order valence-corrected chi connectivity index (χ2v) is 5.04. The molecule has 2 N–H and O–H groups in total. The molecule has 0 saturated carbocycles. The van der Waals surface area contributed by atoms with Crippen molar-refractivity contribution in [3.8, 4) is 0 Å². The summed E-state index contributed by atoms with van der Waals surface area (Å²) >= 11 is 3.13. The summed E-state index contributed by atoms with van der Waals surface area (Å²) in [6, 6.07) is 3.09. The number of aryl methyl sites for hydroxylation is 1. The van der Waals surface area contributed by atoms with E-state index in [4.69, 9.17) is 9.47 Å². The van der Waals surface area contributed by atoms with Crippen LogP contribution in [0.4, 0.5) is 10.1 Å². The third-order valence-corrected chi connectivity index (χ3v) is 3.15. The molecule has 19 heavy (non-hydrogen) atoms. The fourth-order valence-electron chi connectivity index (χ4n) is 1.49. The first-order chi connectivity index (χ1) is 9.04. The number of aliphatic hydroxyl groups is 1. The molecule has 0 saturated heterocycles. The van der Waals surface area contributed by atoms with E-state index in [0.717, 1.165) is 5.56 Å². The maximum Gasteiger partial charge on any atom is 0.139 e. The van der Waals surface area contributed by atoms with Gasteiger partial charge >= 0.3 is 0 Å². The van der Waals surface area contributed by atoms with Crippen molar-refractivity contribution in [3.63, 3.8) is 0 Å². The van der Waals surface area contributed by atoms with E-state index in [1.54, 1.807) is 13.2 Å². The Morgan fingerprint density at radius 2 is 2.16 bits per heavy atom. The summed E-state index contributed by atoms with van der Waals surface area (Å²) in [5.41, 5.74) is 1.57. The molecule has 0 aromatic heterocycles. The fourth-order valence-corrected chi connectivity index (χ4v) is 1.94. The second kappa shape index (κ2) is 8.47. The van der Waals surface area contributed by atoms with Crippen LogP contribution in [0.25, 0.3) is 0 Å². The van der Waals surface area contributed by atoms with Crippen LogP contribution < -0.4 is 5.32 Å². The van der Waals surface area contributed by atoms with Gasteiger partial charge in [0.15, 0.2) is 0 Å². The van der Waals surface area contributed by atoms with E-state index < -0.39 is 6.10 Å². The Labute approximate surface area is 121 Å². The molecular formula is C13H19BrFNO3. The van der Waals surface area contributed by atoms with Gasteiger partial charge in [0.1, 0.15) is 5.82 Å². The van der Waals surface area contributed by atoms with E-state index in [1.165, 1.54) is 6.07 Å². The lowest BCUT2D eigenvalue weighted by molar-refractivity contribution is 0.0182. The highest BCUT2D eigenvalue weighted by atomic mass is 79.9. The number of rotatable bonds is 8. The Hall–Kier alpha value is -0.690. The molecule has 6 heteroatoms. The molecule has 0 bridgehead atoms. The molecule has 0 aliphatic carbocycles. The van der Waals surface area contributed by atoms with Crippen molar-refractivity contribution in [2.75, 3.05) is 38.8 Å². The van der Waals surface area contributed by atoms with Gasteiger partial charge in [0.05, 0.1) is 30.4 Å². The lowest BCUT2D eigenvalue weighted by atomic mass is 10.2. The van der Waals surface area contributed by atoms with Crippen LogP contribution in [0.15, 0.2) is 16.6 Å². The topological polar surface area (TPSA) is 50.7 Å². The summed E-state index contributed by atoms with van der Waals surface area (Å²) in [4.78, 5) is 0. The van der Waals surface area contributed by atoms with E-state index in [0.29, 0.717) is 29.9 Å². The van der Waals surface area contributed by atoms with Crippen LogP contribution in [0, 0.1) is 12.7 Å². The smallest absolute Gasteiger partial charge is 0.139 e. The zero-order valence-electron chi connectivity index (χ0n) is 11.1. The lowest BCUT2D eigenvalue weighted by Gasteiger charge is -2.15. The molecule has 0 radical (unpaired) electrons. The average Bonchev–Trinajstić information content (AvgIpc) is 2.37. The zero-order valence-corrected chi connectivity index (χ0v) is 12.7. The van der Waals surface area contributed by atoms with E-state index in [2.05, 4.69) is 21.2 Å². The largest absolute Gasteiger partial charge is 0.389 e. The third kappa shape index (κ3) is 5.86. The molecular weight excluding hydrogens is 317 g/mol. The Balaban J connectivity index is 2.37. The number of anilines is 1. The van der Waals surface area contributed by atoms with Crippen LogP contribution in [0.3, 0.4) is 0 Å². The van der Waals surface area contributed by atoms with Crippen molar-refractivity contribution in [2.45, 2.75) is 13.0 Å². The quantitative estimate of drug-likeness (QED) is 0.716. The number of aliphatic hydroxyl groups excluding tert-OH is 1. The molecule has 0 heterocycles. The Morgan fingerprint density at radius 1 is 1.42 bits per heavy atom. The van der Waals surface area contributed by atoms with Crippen molar-refractivity contribution < 1.29 is 19.0 Å². The Bertz CT molecular complexity index is 404. The molecule has 0 spiro atoms. The van der Waals surface area contributed by atoms with Crippen LogP contribution in [0.5, 0.6) is 0 Å². The second-order valence-electron chi connectivity index (χ2n) is 4.18. The summed E-state index contributed by atoms with van der Waals surface area (Å²) in [6.45, 7) is 3.33. The van der Waals surface area contributed by atoms with Gasteiger partial charge in [0.2, 0.25) is 0 Å². The Morgan fingerprint density at radius 3 is 2.84 bits per heavy atom.